The van der Waals surface area contributed by atoms with Gasteiger partial charge in [-0.2, -0.15) is 0 Å². The molecule has 0 aliphatic carbocycles. The van der Waals surface area contributed by atoms with Gasteiger partial charge >= 0.3 is 5.97 Å². The molecule has 1 N–H and O–H groups in total. The lowest BCUT2D eigenvalue weighted by molar-refractivity contribution is -0.385. The van der Waals surface area contributed by atoms with Crippen LogP contribution in [-0.2, 0) is 9.53 Å². The van der Waals surface area contributed by atoms with Crippen molar-refractivity contribution in [2.75, 3.05) is 26.8 Å². The number of carboxylic acid groups (broad SMARTS) is 1. The smallest absolute Gasteiger partial charge is 0.317 e. The third-order valence-electron chi connectivity index (χ3n) is 3.21. The van der Waals surface area contributed by atoms with Crippen molar-refractivity contribution in [1.29, 1.82) is 0 Å². The van der Waals surface area contributed by atoms with Gasteiger partial charge < -0.3 is 9.84 Å². The maximum absolute atomic E-state index is 11.0. The highest BCUT2D eigenvalue weighted by Crippen LogP contribution is 2.26. The van der Waals surface area contributed by atoms with E-state index in [1.165, 1.54) is 12.1 Å². The van der Waals surface area contributed by atoms with Crippen LogP contribution in [0.3, 0.4) is 0 Å². The van der Waals surface area contributed by atoms with Crippen LogP contribution in [0.1, 0.15) is 24.9 Å². The van der Waals surface area contributed by atoms with Crippen molar-refractivity contribution in [3.63, 3.8) is 0 Å². The van der Waals surface area contributed by atoms with E-state index in [0.29, 0.717) is 19.6 Å². The molecule has 1 atom stereocenters. The van der Waals surface area contributed by atoms with Crippen molar-refractivity contribution < 1.29 is 19.6 Å². The number of carboxylic acids is 1. The fourth-order valence-electron chi connectivity index (χ4n) is 2.28. The Morgan fingerprint density at radius 3 is 2.76 bits per heavy atom. The summed E-state index contributed by atoms with van der Waals surface area (Å²) in [5, 5.41) is 19.9. The Morgan fingerprint density at radius 2 is 2.24 bits per heavy atom. The Morgan fingerprint density at radius 1 is 1.52 bits per heavy atom. The monoisotopic (exact) mass is 296 g/mol. The molecule has 1 rings (SSSR count). The Balaban J connectivity index is 3.02. The molecule has 0 bridgehead atoms. The molecule has 0 heterocycles. The number of carbonyl (C=O) groups is 1. The molecule has 1 aromatic carbocycles. The molecule has 0 aliphatic heterocycles. The number of hydrogen-bond donors (Lipinski definition) is 1. The number of ether oxygens (including phenoxy) is 1. The van der Waals surface area contributed by atoms with Crippen molar-refractivity contribution in [2.24, 2.45) is 0 Å². The molecule has 0 radical (unpaired) electrons. The van der Waals surface area contributed by atoms with Gasteiger partial charge in [-0.25, -0.2) is 0 Å². The molecule has 0 aromatic heterocycles. The van der Waals surface area contributed by atoms with Crippen LogP contribution in [0.15, 0.2) is 24.3 Å². The predicted octanol–water partition coefficient (Wildman–Crippen LogP) is 2.08. The first-order valence-corrected chi connectivity index (χ1v) is 6.68. The number of methoxy groups -OCH3 is 1. The highest BCUT2D eigenvalue weighted by molar-refractivity contribution is 5.69. The minimum absolute atomic E-state index is 0.00738. The second kappa shape index (κ2) is 8.33. The Kier molecular flexibility index (Phi) is 6.77. The molecule has 0 fully saturated rings. The maximum atomic E-state index is 11.0. The van der Waals surface area contributed by atoms with E-state index < -0.39 is 10.9 Å². The lowest BCUT2D eigenvalue weighted by atomic mass is 10.0. The molecule has 0 amide bonds. The van der Waals surface area contributed by atoms with E-state index in [4.69, 9.17) is 9.84 Å². The van der Waals surface area contributed by atoms with E-state index in [-0.39, 0.29) is 18.3 Å². The van der Waals surface area contributed by atoms with Crippen molar-refractivity contribution >= 4 is 11.7 Å². The number of benzene rings is 1. The van der Waals surface area contributed by atoms with Crippen molar-refractivity contribution in [1.82, 2.24) is 4.90 Å². The van der Waals surface area contributed by atoms with Crippen LogP contribution in [0.4, 0.5) is 5.69 Å². The van der Waals surface area contributed by atoms with E-state index in [1.54, 1.807) is 24.1 Å². The molecule has 0 aliphatic rings. The fourth-order valence-corrected chi connectivity index (χ4v) is 2.28. The molecule has 21 heavy (non-hydrogen) atoms. The molecule has 116 valence electrons. The highest BCUT2D eigenvalue weighted by Gasteiger charge is 2.22. The number of aliphatic carboxylic acids is 1. The van der Waals surface area contributed by atoms with E-state index in [9.17, 15) is 14.9 Å². The van der Waals surface area contributed by atoms with Gasteiger partial charge in [0.25, 0.3) is 5.69 Å². The second-order valence-electron chi connectivity index (χ2n) is 4.63. The second-order valence-corrected chi connectivity index (χ2v) is 4.63. The van der Waals surface area contributed by atoms with Crippen molar-refractivity contribution in [3.8, 4) is 0 Å². The Labute approximate surface area is 123 Å². The first kappa shape index (κ1) is 17.1. The predicted molar refractivity (Wildman–Crippen MR) is 77.2 cm³/mol. The summed E-state index contributed by atoms with van der Waals surface area (Å²) in [4.78, 5) is 23.2. The first-order valence-electron chi connectivity index (χ1n) is 6.68. The quantitative estimate of drug-likeness (QED) is 0.554. The average molecular weight is 296 g/mol. The van der Waals surface area contributed by atoms with Crippen LogP contribution in [0.25, 0.3) is 0 Å². The molecular formula is C14H20N2O5. The van der Waals surface area contributed by atoms with Gasteiger partial charge in [-0.3, -0.25) is 19.8 Å². The Bertz CT molecular complexity index is 492. The number of non-ortho nitro benzene ring substituents is 1. The van der Waals surface area contributed by atoms with Gasteiger partial charge in [0.05, 0.1) is 18.1 Å². The van der Waals surface area contributed by atoms with Crippen LogP contribution < -0.4 is 0 Å². The van der Waals surface area contributed by atoms with Crippen LogP contribution in [-0.4, -0.2) is 47.7 Å². The molecule has 0 spiro atoms. The summed E-state index contributed by atoms with van der Waals surface area (Å²) < 4.78 is 5.00. The number of nitro benzene ring substituents is 1. The minimum atomic E-state index is -0.935. The standard InChI is InChI=1S/C14H20N2O5/c1-3-13(15(7-8-21-2)10-14(17)18)11-5-4-6-12(9-11)16(19)20/h4-6,9,13H,3,7-8,10H2,1-2H3,(H,17,18). The van der Waals surface area contributed by atoms with E-state index >= 15 is 0 Å². The molecule has 1 aromatic rings. The van der Waals surface area contributed by atoms with Gasteiger partial charge in [0.1, 0.15) is 0 Å². The lowest BCUT2D eigenvalue weighted by Gasteiger charge is -2.29. The molecule has 0 saturated carbocycles. The summed E-state index contributed by atoms with van der Waals surface area (Å²) in [5.41, 5.74) is 0.747. The van der Waals surface area contributed by atoms with Gasteiger partial charge in [0, 0.05) is 31.8 Å². The SMILES string of the molecule is CCC(c1cccc([N+](=O)[O-])c1)N(CCOC)CC(=O)O. The average Bonchev–Trinajstić information content (AvgIpc) is 2.45. The summed E-state index contributed by atoms with van der Waals surface area (Å²) in [6, 6.07) is 6.12. The highest BCUT2D eigenvalue weighted by atomic mass is 16.6. The molecule has 7 heteroatoms. The molecular weight excluding hydrogens is 276 g/mol. The van der Waals surface area contributed by atoms with E-state index in [0.717, 1.165) is 5.56 Å². The topological polar surface area (TPSA) is 92.9 Å². The summed E-state index contributed by atoms with van der Waals surface area (Å²) in [7, 11) is 1.55. The number of nitrogens with zero attached hydrogens (tertiary/aromatic N) is 2. The minimum Gasteiger partial charge on any atom is -0.480 e. The van der Waals surface area contributed by atoms with Gasteiger partial charge in [0.2, 0.25) is 0 Å². The normalized spacial score (nSPS) is 12.3. The van der Waals surface area contributed by atoms with Crippen LogP contribution in [0.2, 0.25) is 0 Å². The number of nitro groups is 1. The first-order chi connectivity index (χ1) is 9.99. The van der Waals surface area contributed by atoms with E-state index in [2.05, 4.69) is 0 Å². The van der Waals surface area contributed by atoms with Crippen LogP contribution in [0.5, 0.6) is 0 Å². The molecule has 0 saturated heterocycles. The number of rotatable bonds is 9. The van der Waals surface area contributed by atoms with Crippen molar-refractivity contribution in [3.05, 3.63) is 39.9 Å². The fraction of sp³-hybridized carbons (Fsp3) is 0.500. The van der Waals surface area contributed by atoms with Crippen molar-refractivity contribution in [2.45, 2.75) is 19.4 Å². The van der Waals surface area contributed by atoms with Gasteiger partial charge in [-0.15, -0.1) is 0 Å². The maximum Gasteiger partial charge on any atom is 0.317 e. The summed E-state index contributed by atoms with van der Waals surface area (Å²) >= 11 is 0. The van der Waals surface area contributed by atoms with Gasteiger partial charge in [0.15, 0.2) is 0 Å². The summed E-state index contributed by atoms with van der Waals surface area (Å²) in [5.74, 6) is -0.935. The third kappa shape index (κ3) is 5.13. The van der Waals surface area contributed by atoms with Crippen LogP contribution in [0, 0.1) is 10.1 Å². The zero-order chi connectivity index (χ0) is 15.8. The number of hydrogen-bond acceptors (Lipinski definition) is 5. The summed E-state index contributed by atoms with van der Waals surface area (Å²) in [6.45, 7) is 2.64. The molecule has 1 unspecified atom stereocenters. The largest absolute Gasteiger partial charge is 0.480 e. The van der Waals surface area contributed by atoms with Crippen LogP contribution >= 0.6 is 0 Å². The van der Waals surface area contributed by atoms with E-state index in [1.807, 2.05) is 6.92 Å². The van der Waals surface area contributed by atoms with Gasteiger partial charge in [-0.05, 0) is 12.0 Å². The lowest BCUT2D eigenvalue weighted by Crippen LogP contribution is -2.36. The van der Waals surface area contributed by atoms with Gasteiger partial charge in [-0.1, -0.05) is 19.1 Å². The molecule has 7 nitrogen and oxygen atoms in total. The third-order valence-corrected chi connectivity index (χ3v) is 3.21. The zero-order valence-corrected chi connectivity index (χ0v) is 12.2. The summed E-state index contributed by atoms with van der Waals surface area (Å²) in [6.07, 6.45) is 0.651. The zero-order valence-electron chi connectivity index (χ0n) is 12.2. The Hall–Kier alpha value is -1.99.